The van der Waals surface area contributed by atoms with Crippen LogP contribution in [0.5, 0.6) is 0 Å². The van der Waals surface area contributed by atoms with Gasteiger partial charge in [0.15, 0.2) is 5.11 Å². The first-order valence-corrected chi connectivity index (χ1v) is 7.46. The minimum Gasteiger partial charge on any atom is -0.366 e. The second-order valence-corrected chi connectivity index (χ2v) is 5.71. The van der Waals surface area contributed by atoms with Crippen molar-refractivity contribution in [1.82, 2.24) is 5.32 Å². The van der Waals surface area contributed by atoms with Gasteiger partial charge in [0.25, 0.3) is 0 Å². The monoisotopic (exact) mass is 305 g/mol. The fourth-order valence-electron chi connectivity index (χ4n) is 2.57. The number of thiocarbonyl (C=S) groups is 1. The molecule has 0 unspecified atom stereocenters. The van der Waals surface area contributed by atoms with Gasteiger partial charge in [-0.1, -0.05) is 18.9 Å². The second-order valence-electron chi connectivity index (χ2n) is 5.30. The summed E-state index contributed by atoms with van der Waals surface area (Å²) in [5, 5.41) is 5.79. The molecule has 0 aliphatic heterocycles. The SMILES string of the molecule is NC(=O)c1cccc(NC(=S)NC(=O)CC2CCCC2)c1. The Morgan fingerprint density at radius 1 is 1.29 bits per heavy atom. The molecule has 1 aliphatic carbocycles. The highest BCUT2D eigenvalue weighted by Crippen LogP contribution is 2.27. The zero-order valence-corrected chi connectivity index (χ0v) is 12.5. The molecule has 0 heterocycles. The van der Waals surface area contributed by atoms with E-state index in [-0.39, 0.29) is 11.0 Å². The number of carbonyl (C=O) groups is 2. The summed E-state index contributed by atoms with van der Waals surface area (Å²) in [6.07, 6.45) is 5.17. The maximum absolute atomic E-state index is 11.9. The van der Waals surface area contributed by atoms with Gasteiger partial charge in [0.2, 0.25) is 11.8 Å². The van der Waals surface area contributed by atoms with Crippen LogP contribution in [0.15, 0.2) is 24.3 Å². The van der Waals surface area contributed by atoms with Gasteiger partial charge in [-0.2, -0.15) is 0 Å². The molecule has 0 bridgehead atoms. The number of carbonyl (C=O) groups excluding carboxylic acids is 2. The number of hydrogen-bond donors (Lipinski definition) is 3. The van der Waals surface area contributed by atoms with Crippen molar-refractivity contribution in [3.05, 3.63) is 29.8 Å². The summed E-state index contributed by atoms with van der Waals surface area (Å²) >= 11 is 5.10. The normalized spacial score (nSPS) is 14.7. The lowest BCUT2D eigenvalue weighted by Crippen LogP contribution is -2.34. The van der Waals surface area contributed by atoms with Crippen LogP contribution in [0.1, 0.15) is 42.5 Å². The van der Waals surface area contributed by atoms with Gasteiger partial charge in [-0.05, 0) is 49.2 Å². The van der Waals surface area contributed by atoms with E-state index in [1.807, 2.05) is 0 Å². The van der Waals surface area contributed by atoms with E-state index < -0.39 is 5.91 Å². The van der Waals surface area contributed by atoms with Crippen LogP contribution in [-0.2, 0) is 4.79 Å². The number of rotatable bonds is 4. The van der Waals surface area contributed by atoms with E-state index in [2.05, 4.69) is 10.6 Å². The van der Waals surface area contributed by atoms with E-state index in [1.165, 1.54) is 12.8 Å². The lowest BCUT2D eigenvalue weighted by atomic mass is 10.0. The highest BCUT2D eigenvalue weighted by Gasteiger charge is 2.18. The number of primary amides is 1. The molecular formula is C15H19N3O2S. The Hall–Kier alpha value is -1.95. The molecule has 1 aromatic rings. The van der Waals surface area contributed by atoms with Gasteiger partial charge in [-0.25, -0.2) is 0 Å². The Morgan fingerprint density at radius 3 is 2.67 bits per heavy atom. The summed E-state index contributed by atoms with van der Waals surface area (Å²) in [6.45, 7) is 0. The van der Waals surface area contributed by atoms with Gasteiger partial charge in [0, 0.05) is 17.7 Å². The molecule has 1 fully saturated rings. The molecule has 5 nitrogen and oxygen atoms in total. The van der Waals surface area contributed by atoms with Crippen molar-refractivity contribution in [2.24, 2.45) is 11.7 Å². The Morgan fingerprint density at radius 2 is 2.00 bits per heavy atom. The summed E-state index contributed by atoms with van der Waals surface area (Å²) in [4.78, 5) is 23.0. The van der Waals surface area contributed by atoms with Crippen LogP contribution in [0.3, 0.4) is 0 Å². The Bertz CT molecular complexity index is 554. The van der Waals surface area contributed by atoms with E-state index in [4.69, 9.17) is 18.0 Å². The predicted octanol–water partition coefficient (Wildman–Crippen LogP) is 2.18. The molecule has 1 saturated carbocycles. The first kappa shape index (κ1) is 15.4. The van der Waals surface area contributed by atoms with Crippen LogP contribution in [0.25, 0.3) is 0 Å². The van der Waals surface area contributed by atoms with E-state index in [9.17, 15) is 9.59 Å². The van der Waals surface area contributed by atoms with Crippen molar-refractivity contribution in [3.63, 3.8) is 0 Å². The van der Waals surface area contributed by atoms with Crippen LogP contribution >= 0.6 is 12.2 Å². The highest BCUT2D eigenvalue weighted by molar-refractivity contribution is 7.80. The van der Waals surface area contributed by atoms with Crippen molar-refractivity contribution < 1.29 is 9.59 Å². The van der Waals surface area contributed by atoms with Gasteiger partial charge < -0.3 is 16.4 Å². The fraction of sp³-hybridized carbons (Fsp3) is 0.400. The third kappa shape index (κ3) is 4.82. The van der Waals surface area contributed by atoms with E-state index in [0.717, 1.165) is 12.8 Å². The van der Waals surface area contributed by atoms with Crippen LogP contribution in [0, 0.1) is 5.92 Å². The molecule has 4 N–H and O–H groups in total. The largest absolute Gasteiger partial charge is 0.366 e. The van der Waals surface area contributed by atoms with Gasteiger partial charge >= 0.3 is 0 Å². The van der Waals surface area contributed by atoms with Crippen molar-refractivity contribution in [2.45, 2.75) is 32.1 Å². The number of amides is 2. The molecule has 21 heavy (non-hydrogen) atoms. The molecular weight excluding hydrogens is 286 g/mol. The lowest BCUT2D eigenvalue weighted by molar-refractivity contribution is -0.120. The number of nitrogens with two attached hydrogens (primary N) is 1. The van der Waals surface area contributed by atoms with Gasteiger partial charge in [0.05, 0.1) is 0 Å². The Labute approximate surface area is 129 Å². The first-order chi connectivity index (χ1) is 10.0. The number of benzene rings is 1. The third-order valence-corrected chi connectivity index (χ3v) is 3.81. The maximum atomic E-state index is 11.9. The van der Waals surface area contributed by atoms with Crippen LogP contribution < -0.4 is 16.4 Å². The molecule has 0 spiro atoms. The second kappa shape index (κ2) is 7.17. The van der Waals surface area contributed by atoms with Crippen molar-refractivity contribution in [3.8, 4) is 0 Å². The van der Waals surface area contributed by atoms with Crippen LogP contribution in [-0.4, -0.2) is 16.9 Å². The number of anilines is 1. The minimum atomic E-state index is -0.505. The smallest absolute Gasteiger partial charge is 0.248 e. The molecule has 0 atom stereocenters. The van der Waals surface area contributed by atoms with Gasteiger partial charge in [-0.3, -0.25) is 9.59 Å². The number of hydrogen-bond acceptors (Lipinski definition) is 3. The van der Waals surface area contributed by atoms with Crippen molar-refractivity contribution in [1.29, 1.82) is 0 Å². The molecule has 1 aliphatic rings. The average molecular weight is 305 g/mol. The zero-order valence-electron chi connectivity index (χ0n) is 11.7. The van der Waals surface area contributed by atoms with Gasteiger partial charge in [-0.15, -0.1) is 0 Å². The summed E-state index contributed by atoms with van der Waals surface area (Å²) in [5.74, 6) is -0.0914. The quantitative estimate of drug-likeness (QED) is 0.744. The lowest BCUT2D eigenvalue weighted by Gasteiger charge is -2.12. The maximum Gasteiger partial charge on any atom is 0.248 e. The van der Waals surface area contributed by atoms with Crippen molar-refractivity contribution >= 4 is 34.8 Å². The first-order valence-electron chi connectivity index (χ1n) is 7.05. The summed E-state index contributed by atoms with van der Waals surface area (Å²) in [6, 6.07) is 6.67. The number of nitrogens with one attached hydrogen (secondary N) is 2. The standard InChI is InChI=1S/C15H19N3O2S/c16-14(20)11-6-3-7-12(9-11)17-15(21)18-13(19)8-10-4-1-2-5-10/h3,6-7,9-10H,1-2,4-5,8H2,(H2,16,20)(H2,17,18,19,21). The molecule has 112 valence electrons. The van der Waals surface area contributed by atoms with Crippen LogP contribution in [0.4, 0.5) is 5.69 Å². The van der Waals surface area contributed by atoms with E-state index in [0.29, 0.717) is 23.6 Å². The zero-order chi connectivity index (χ0) is 15.2. The molecule has 0 saturated heterocycles. The van der Waals surface area contributed by atoms with E-state index >= 15 is 0 Å². The molecule has 2 rings (SSSR count). The Balaban J connectivity index is 1.84. The van der Waals surface area contributed by atoms with Crippen LogP contribution in [0.2, 0.25) is 0 Å². The minimum absolute atomic E-state index is 0.0644. The van der Waals surface area contributed by atoms with Gasteiger partial charge in [0.1, 0.15) is 0 Å². The summed E-state index contributed by atoms with van der Waals surface area (Å²) < 4.78 is 0. The average Bonchev–Trinajstić information content (AvgIpc) is 2.91. The van der Waals surface area contributed by atoms with E-state index in [1.54, 1.807) is 24.3 Å². The van der Waals surface area contributed by atoms with Crippen molar-refractivity contribution in [2.75, 3.05) is 5.32 Å². The molecule has 6 heteroatoms. The summed E-state index contributed by atoms with van der Waals surface area (Å²) in [7, 11) is 0. The summed E-state index contributed by atoms with van der Waals surface area (Å²) in [5.41, 5.74) is 6.23. The fourth-order valence-corrected chi connectivity index (χ4v) is 2.80. The molecule has 0 aromatic heterocycles. The predicted molar refractivity (Wildman–Crippen MR) is 85.9 cm³/mol. The molecule has 1 aromatic carbocycles. The topological polar surface area (TPSA) is 84.2 Å². The highest BCUT2D eigenvalue weighted by atomic mass is 32.1. The molecule has 0 radical (unpaired) electrons. The third-order valence-electron chi connectivity index (χ3n) is 3.61. The Kier molecular flexibility index (Phi) is 5.27. The molecule has 2 amide bonds.